The molecular weight excluding hydrogens is 687 g/mol. The van der Waals surface area contributed by atoms with Crippen molar-refractivity contribution in [2.75, 3.05) is 0 Å². The number of furan rings is 2. The SMILES string of the molecule is [C-]#[N+]c1ccc2c(c1)-c1ccc3oc4ccccc4c3c1C2c1cc(C#N)cc(-c2ccc(-n3c4ccccc4c4c5oc6ccccc6c5ccc43)cc2)c1. The van der Waals surface area contributed by atoms with Gasteiger partial charge in [-0.3, -0.25) is 0 Å². The van der Waals surface area contributed by atoms with E-state index in [9.17, 15) is 5.26 Å². The number of hydrogen-bond donors (Lipinski definition) is 0. The Hall–Kier alpha value is -7.86. The van der Waals surface area contributed by atoms with Crippen LogP contribution < -0.4 is 0 Å². The number of aromatic nitrogens is 1. The second kappa shape index (κ2) is 11.3. The van der Waals surface area contributed by atoms with Crippen molar-refractivity contribution in [1.29, 1.82) is 5.26 Å². The van der Waals surface area contributed by atoms with Crippen molar-refractivity contribution in [3.05, 3.63) is 191 Å². The highest BCUT2D eigenvalue weighted by Crippen LogP contribution is 2.53. The van der Waals surface area contributed by atoms with Gasteiger partial charge in [-0.25, -0.2) is 4.85 Å². The molecule has 5 nitrogen and oxygen atoms in total. The first kappa shape index (κ1) is 30.6. The molecule has 0 fully saturated rings. The van der Waals surface area contributed by atoms with Crippen LogP contribution in [0.25, 0.3) is 98.5 Å². The Morgan fingerprint density at radius 3 is 2.16 bits per heavy atom. The largest absolute Gasteiger partial charge is 0.456 e. The lowest BCUT2D eigenvalue weighted by molar-refractivity contribution is 0.668. The number of nitriles is 1. The van der Waals surface area contributed by atoms with Gasteiger partial charge in [0.1, 0.15) is 22.3 Å². The normalized spacial score (nSPS) is 13.5. The summed E-state index contributed by atoms with van der Waals surface area (Å²) >= 11 is 0. The van der Waals surface area contributed by atoms with Crippen molar-refractivity contribution >= 4 is 71.4 Å². The zero-order valence-corrected chi connectivity index (χ0v) is 29.7. The molecule has 1 aliphatic carbocycles. The molecule has 12 rings (SSSR count). The van der Waals surface area contributed by atoms with Gasteiger partial charge in [0.2, 0.25) is 0 Å². The van der Waals surface area contributed by atoms with Crippen molar-refractivity contribution in [3.8, 4) is 34.0 Å². The third-order valence-corrected chi connectivity index (χ3v) is 11.7. The fourth-order valence-electron chi connectivity index (χ4n) is 9.34. The smallest absolute Gasteiger partial charge is 0.187 e. The van der Waals surface area contributed by atoms with Gasteiger partial charge in [-0.15, -0.1) is 0 Å². The standard InChI is InChI=1S/C51H27N3O2/c1-53-33-16-19-36-41(27-33)37-21-23-46-49(40-10-4-7-13-45(40)55-46)50(37)47(36)32-25-29(28-52)24-31(26-32)30-14-17-34(18-15-30)54-42-11-5-2-9-39(42)48-43(54)22-20-38-35-8-3-6-12-44(35)56-51(38)48/h2-27,47H. The molecule has 0 amide bonds. The molecule has 11 aromatic rings. The molecule has 0 radical (unpaired) electrons. The van der Waals surface area contributed by atoms with Gasteiger partial charge < -0.3 is 13.4 Å². The number of nitrogens with zero attached hydrogens (tertiary/aromatic N) is 3. The van der Waals surface area contributed by atoms with E-state index in [1.807, 2.05) is 60.7 Å². The molecule has 56 heavy (non-hydrogen) atoms. The van der Waals surface area contributed by atoms with E-state index in [0.717, 1.165) is 110 Å². The molecule has 0 aliphatic heterocycles. The summed E-state index contributed by atoms with van der Waals surface area (Å²) in [7, 11) is 0. The number of para-hydroxylation sites is 3. The summed E-state index contributed by atoms with van der Waals surface area (Å²) < 4.78 is 15.2. The summed E-state index contributed by atoms with van der Waals surface area (Å²) in [6.07, 6.45) is 0. The first-order valence-corrected chi connectivity index (χ1v) is 18.6. The van der Waals surface area contributed by atoms with Gasteiger partial charge in [-0.2, -0.15) is 5.26 Å². The molecule has 3 heterocycles. The maximum atomic E-state index is 10.4. The van der Waals surface area contributed by atoms with Crippen LogP contribution in [0.4, 0.5) is 5.69 Å². The van der Waals surface area contributed by atoms with Crippen molar-refractivity contribution < 1.29 is 8.83 Å². The Morgan fingerprint density at radius 1 is 0.571 bits per heavy atom. The predicted octanol–water partition coefficient (Wildman–Crippen LogP) is 13.8. The van der Waals surface area contributed by atoms with Crippen LogP contribution in [0.5, 0.6) is 0 Å². The van der Waals surface area contributed by atoms with Gasteiger partial charge in [-0.1, -0.05) is 91.0 Å². The summed E-state index contributed by atoms with van der Waals surface area (Å²) in [6, 6.07) is 56.7. The van der Waals surface area contributed by atoms with E-state index in [0.29, 0.717) is 11.3 Å². The van der Waals surface area contributed by atoms with Crippen molar-refractivity contribution in [1.82, 2.24) is 4.57 Å². The lowest BCUT2D eigenvalue weighted by atomic mass is 9.85. The van der Waals surface area contributed by atoms with Crippen LogP contribution in [0.1, 0.15) is 28.2 Å². The number of benzene rings is 8. The second-order valence-corrected chi connectivity index (χ2v) is 14.6. The van der Waals surface area contributed by atoms with Crippen molar-refractivity contribution in [2.24, 2.45) is 0 Å². The van der Waals surface area contributed by atoms with Crippen molar-refractivity contribution in [2.45, 2.75) is 5.92 Å². The van der Waals surface area contributed by atoms with Gasteiger partial charge in [-0.05, 0) is 106 Å². The average molecular weight is 714 g/mol. The van der Waals surface area contributed by atoms with Gasteiger partial charge >= 0.3 is 0 Å². The van der Waals surface area contributed by atoms with Crippen LogP contribution in [-0.4, -0.2) is 4.57 Å². The highest BCUT2D eigenvalue weighted by atomic mass is 16.3. The molecule has 0 bridgehead atoms. The molecule has 0 saturated carbocycles. The fourth-order valence-corrected chi connectivity index (χ4v) is 9.34. The Balaban J connectivity index is 1.03. The molecule has 1 aliphatic rings. The first-order valence-electron chi connectivity index (χ1n) is 18.6. The first-order chi connectivity index (χ1) is 27.7. The highest BCUT2D eigenvalue weighted by Gasteiger charge is 2.34. The van der Waals surface area contributed by atoms with Crippen molar-refractivity contribution in [3.63, 3.8) is 0 Å². The molecule has 258 valence electrons. The minimum absolute atomic E-state index is 0.163. The Labute approximate surface area is 320 Å². The lowest BCUT2D eigenvalue weighted by Gasteiger charge is -2.18. The third kappa shape index (κ3) is 4.17. The number of hydrogen-bond acceptors (Lipinski definition) is 3. The Kier molecular flexibility index (Phi) is 6.18. The van der Waals surface area contributed by atoms with Crippen LogP contribution in [0, 0.1) is 17.9 Å². The number of rotatable bonds is 3. The minimum Gasteiger partial charge on any atom is -0.456 e. The zero-order chi connectivity index (χ0) is 37.1. The van der Waals surface area contributed by atoms with Crippen LogP contribution in [0.2, 0.25) is 0 Å². The topological polar surface area (TPSA) is 59.4 Å². The Morgan fingerprint density at radius 2 is 1.34 bits per heavy atom. The van der Waals surface area contributed by atoms with E-state index < -0.39 is 0 Å². The Bertz CT molecular complexity index is 3570. The van der Waals surface area contributed by atoms with Crippen LogP contribution in [0.3, 0.4) is 0 Å². The van der Waals surface area contributed by atoms with Gasteiger partial charge in [0.05, 0.1) is 34.6 Å². The van der Waals surface area contributed by atoms with E-state index in [2.05, 4.69) is 113 Å². The van der Waals surface area contributed by atoms with E-state index in [-0.39, 0.29) is 5.92 Å². The molecule has 8 aromatic carbocycles. The monoisotopic (exact) mass is 713 g/mol. The summed E-state index contributed by atoms with van der Waals surface area (Å²) in [5.74, 6) is -0.163. The predicted molar refractivity (Wildman–Crippen MR) is 225 cm³/mol. The summed E-state index contributed by atoms with van der Waals surface area (Å²) in [4.78, 5) is 3.77. The van der Waals surface area contributed by atoms with E-state index in [4.69, 9.17) is 15.4 Å². The molecule has 0 spiro atoms. The maximum absolute atomic E-state index is 10.4. The summed E-state index contributed by atoms with van der Waals surface area (Å²) in [6.45, 7) is 7.76. The lowest BCUT2D eigenvalue weighted by Crippen LogP contribution is -2.01. The summed E-state index contributed by atoms with van der Waals surface area (Å²) in [5, 5.41) is 17.0. The van der Waals surface area contributed by atoms with E-state index in [1.165, 1.54) is 0 Å². The minimum atomic E-state index is -0.163. The zero-order valence-electron chi connectivity index (χ0n) is 29.7. The van der Waals surface area contributed by atoms with Gasteiger partial charge in [0, 0.05) is 38.5 Å². The van der Waals surface area contributed by atoms with E-state index in [1.54, 1.807) is 0 Å². The average Bonchev–Trinajstić information content (AvgIpc) is 4.00. The van der Waals surface area contributed by atoms with Crippen LogP contribution >= 0.6 is 0 Å². The molecule has 1 atom stereocenters. The van der Waals surface area contributed by atoms with Crippen LogP contribution in [0.15, 0.2) is 167 Å². The quantitative estimate of drug-likeness (QED) is 0.171. The molecule has 0 N–H and O–H groups in total. The van der Waals surface area contributed by atoms with Gasteiger partial charge in [0.25, 0.3) is 0 Å². The van der Waals surface area contributed by atoms with Crippen LogP contribution in [-0.2, 0) is 0 Å². The fraction of sp³-hybridized carbons (Fsp3) is 0.0196. The highest BCUT2D eigenvalue weighted by molar-refractivity contribution is 6.23. The third-order valence-electron chi connectivity index (χ3n) is 11.7. The molecule has 1 unspecified atom stereocenters. The molecule has 0 saturated heterocycles. The molecule has 5 heteroatoms. The second-order valence-electron chi connectivity index (χ2n) is 14.6. The van der Waals surface area contributed by atoms with E-state index >= 15 is 0 Å². The van der Waals surface area contributed by atoms with Gasteiger partial charge in [0.15, 0.2) is 5.69 Å². The molecule has 3 aromatic heterocycles. The maximum Gasteiger partial charge on any atom is 0.187 e. The number of fused-ring (bicyclic) bond motifs is 14. The molecular formula is C51H27N3O2. The summed E-state index contributed by atoms with van der Waals surface area (Å²) in [5.41, 5.74) is 15.3.